The fourth-order valence-corrected chi connectivity index (χ4v) is 2.91. The SMILES string of the molecule is CN1CCCC(O)(c2ccc3ncccc3c2)CC1. The molecular weight excluding hydrogens is 236 g/mol. The lowest BCUT2D eigenvalue weighted by Crippen LogP contribution is -2.27. The number of fused-ring (bicyclic) bond motifs is 1. The standard InChI is InChI=1S/C16H20N2O/c1-18-10-3-7-16(19,8-11-18)14-5-6-15-13(12-14)4-2-9-17-15/h2,4-6,9,12,19H,3,7-8,10-11H2,1H3. The molecule has 100 valence electrons. The Morgan fingerprint density at radius 2 is 2.11 bits per heavy atom. The van der Waals surface area contributed by atoms with Crippen LogP contribution in [0.15, 0.2) is 36.5 Å². The Morgan fingerprint density at radius 1 is 1.21 bits per heavy atom. The average molecular weight is 256 g/mol. The smallest absolute Gasteiger partial charge is 0.0909 e. The maximum absolute atomic E-state index is 11.0. The quantitative estimate of drug-likeness (QED) is 0.852. The van der Waals surface area contributed by atoms with E-state index in [0.29, 0.717) is 0 Å². The van der Waals surface area contributed by atoms with Gasteiger partial charge in [0.1, 0.15) is 0 Å². The predicted molar refractivity (Wildman–Crippen MR) is 77.0 cm³/mol. The van der Waals surface area contributed by atoms with E-state index in [1.165, 1.54) is 0 Å². The highest BCUT2D eigenvalue weighted by molar-refractivity contribution is 5.79. The number of aromatic nitrogens is 1. The van der Waals surface area contributed by atoms with Gasteiger partial charge >= 0.3 is 0 Å². The van der Waals surface area contributed by atoms with E-state index in [4.69, 9.17) is 0 Å². The highest BCUT2D eigenvalue weighted by Gasteiger charge is 2.31. The number of nitrogens with zero attached hydrogens (tertiary/aromatic N) is 2. The molecule has 1 saturated heterocycles. The number of rotatable bonds is 1. The van der Waals surface area contributed by atoms with Crippen LogP contribution in [0.1, 0.15) is 24.8 Å². The van der Waals surface area contributed by atoms with Gasteiger partial charge < -0.3 is 10.0 Å². The van der Waals surface area contributed by atoms with Gasteiger partial charge in [-0.3, -0.25) is 4.98 Å². The number of pyridine rings is 1. The molecule has 0 bridgehead atoms. The Kier molecular flexibility index (Phi) is 3.25. The molecule has 0 amide bonds. The number of hydrogen-bond donors (Lipinski definition) is 1. The summed E-state index contributed by atoms with van der Waals surface area (Å²) >= 11 is 0. The third kappa shape index (κ3) is 2.48. The molecule has 3 nitrogen and oxygen atoms in total. The third-order valence-corrected chi connectivity index (χ3v) is 4.18. The second-order valence-electron chi connectivity index (χ2n) is 5.60. The highest BCUT2D eigenvalue weighted by Crippen LogP contribution is 2.33. The number of aliphatic hydroxyl groups is 1. The fourth-order valence-electron chi connectivity index (χ4n) is 2.91. The van der Waals surface area contributed by atoms with E-state index in [9.17, 15) is 5.11 Å². The number of benzene rings is 1. The summed E-state index contributed by atoms with van der Waals surface area (Å²) in [5.41, 5.74) is 1.33. The summed E-state index contributed by atoms with van der Waals surface area (Å²) in [4.78, 5) is 6.62. The van der Waals surface area contributed by atoms with E-state index in [-0.39, 0.29) is 0 Å². The van der Waals surface area contributed by atoms with Gasteiger partial charge in [-0.25, -0.2) is 0 Å². The summed E-state index contributed by atoms with van der Waals surface area (Å²) < 4.78 is 0. The van der Waals surface area contributed by atoms with Crippen LogP contribution in [0.3, 0.4) is 0 Å². The second-order valence-corrected chi connectivity index (χ2v) is 5.60. The Bertz CT molecular complexity index is 584. The van der Waals surface area contributed by atoms with Crippen LogP contribution < -0.4 is 0 Å². The summed E-state index contributed by atoms with van der Waals surface area (Å²) in [5.74, 6) is 0. The lowest BCUT2D eigenvalue weighted by Gasteiger charge is -2.27. The van der Waals surface area contributed by atoms with Crippen molar-refractivity contribution in [3.8, 4) is 0 Å². The van der Waals surface area contributed by atoms with Gasteiger partial charge in [0.2, 0.25) is 0 Å². The molecule has 2 heterocycles. The lowest BCUT2D eigenvalue weighted by atomic mass is 9.86. The van der Waals surface area contributed by atoms with Crippen LogP contribution >= 0.6 is 0 Å². The van der Waals surface area contributed by atoms with E-state index >= 15 is 0 Å². The first-order valence-corrected chi connectivity index (χ1v) is 6.94. The topological polar surface area (TPSA) is 36.4 Å². The zero-order valence-electron chi connectivity index (χ0n) is 11.3. The van der Waals surface area contributed by atoms with Crippen LogP contribution in [-0.2, 0) is 5.60 Å². The molecule has 0 radical (unpaired) electrons. The van der Waals surface area contributed by atoms with Gasteiger partial charge in [0.05, 0.1) is 11.1 Å². The van der Waals surface area contributed by atoms with Crippen LogP contribution in [0.5, 0.6) is 0 Å². The van der Waals surface area contributed by atoms with Crippen LogP contribution in [0.2, 0.25) is 0 Å². The normalized spacial score (nSPS) is 25.4. The van der Waals surface area contributed by atoms with Gasteiger partial charge in [-0.15, -0.1) is 0 Å². The molecular formula is C16H20N2O. The van der Waals surface area contributed by atoms with Crippen molar-refractivity contribution in [2.75, 3.05) is 20.1 Å². The molecule has 0 aliphatic carbocycles. The Morgan fingerprint density at radius 3 is 3.00 bits per heavy atom. The van der Waals surface area contributed by atoms with Crippen LogP contribution in [0.4, 0.5) is 0 Å². The van der Waals surface area contributed by atoms with Crippen molar-refractivity contribution >= 4 is 10.9 Å². The summed E-state index contributed by atoms with van der Waals surface area (Å²) in [6.07, 6.45) is 4.48. The van der Waals surface area contributed by atoms with Crippen LogP contribution in [0, 0.1) is 0 Å². The minimum Gasteiger partial charge on any atom is -0.385 e. The largest absolute Gasteiger partial charge is 0.385 e. The molecule has 1 unspecified atom stereocenters. The van der Waals surface area contributed by atoms with E-state index in [2.05, 4.69) is 29.1 Å². The van der Waals surface area contributed by atoms with Gasteiger partial charge in [-0.1, -0.05) is 12.1 Å². The van der Waals surface area contributed by atoms with Gasteiger partial charge in [-0.2, -0.15) is 0 Å². The average Bonchev–Trinajstić information content (AvgIpc) is 2.61. The van der Waals surface area contributed by atoms with Gasteiger partial charge in [0.25, 0.3) is 0 Å². The fraction of sp³-hybridized carbons (Fsp3) is 0.438. The molecule has 1 fully saturated rings. The van der Waals surface area contributed by atoms with Crippen LogP contribution in [0.25, 0.3) is 10.9 Å². The van der Waals surface area contributed by atoms with Crippen molar-refractivity contribution in [2.24, 2.45) is 0 Å². The van der Waals surface area contributed by atoms with Crippen molar-refractivity contribution < 1.29 is 5.11 Å². The molecule has 1 aromatic carbocycles. The molecule has 2 aromatic rings. The van der Waals surface area contributed by atoms with Gasteiger partial charge in [0.15, 0.2) is 0 Å². The van der Waals surface area contributed by atoms with E-state index in [1.807, 2.05) is 18.2 Å². The van der Waals surface area contributed by atoms with Gasteiger partial charge in [-0.05, 0) is 56.6 Å². The van der Waals surface area contributed by atoms with Crippen molar-refractivity contribution in [1.29, 1.82) is 0 Å². The Hall–Kier alpha value is -1.45. The maximum atomic E-state index is 11.0. The van der Waals surface area contributed by atoms with Gasteiger partial charge in [0, 0.05) is 18.1 Å². The minimum absolute atomic E-state index is 0.686. The Balaban J connectivity index is 1.97. The minimum atomic E-state index is -0.686. The zero-order valence-corrected chi connectivity index (χ0v) is 11.3. The first-order chi connectivity index (χ1) is 9.17. The van der Waals surface area contributed by atoms with E-state index in [0.717, 1.165) is 48.8 Å². The molecule has 0 spiro atoms. The molecule has 1 aromatic heterocycles. The highest BCUT2D eigenvalue weighted by atomic mass is 16.3. The van der Waals surface area contributed by atoms with Crippen molar-refractivity contribution in [2.45, 2.75) is 24.9 Å². The first kappa shape index (κ1) is 12.6. The summed E-state index contributed by atoms with van der Waals surface area (Å²) in [6.45, 7) is 2.01. The molecule has 19 heavy (non-hydrogen) atoms. The molecule has 3 rings (SSSR count). The summed E-state index contributed by atoms with van der Waals surface area (Å²) in [5, 5.41) is 12.1. The predicted octanol–water partition coefficient (Wildman–Crippen LogP) is 2.54. The summed E-state index contributed by atoms with van der Waals surface area (Å²) in [7, 11) is 2.12. The number of hydrogen-bond acceptors (Lipinski definition) is 3. The molecule has 1 atom stereocenters. The molecule has 1 aliphatic rings. The molecule has 0 saturated carbocycles. The van der Waals surface area contributed by atoms with Crippen LogP contribution in [-0.4, -0.2) is 35.1 Å². The molecule has 1 N–H and O–H groups in total. The zero-order chi connectivity index (χ0) is 13.3. The summed E-state index contributed by atoms with van der Waals surface area (Å²) in [6, 6.07) is 10.1. The van der Waals surface area contributed by atoms with E-state index in [1.54, 1.807) is 6.20 Å². The van der Waals surface area contributed by atoms with Crippen molar-refractivity contribution in [1.82, 2.24) is 9.88 Å². The number of likely N-dealkylation sites (tertiary alicyclic amines) is 1. The third-order valence-electron chi connectivity index (χ3n) is 4.18. The Labute approximate surface area is 113 Å². The monoisotopic (exact) mass is 256 g/mol. The first-order valence-electron chi connectivity index (χ1n) is 6.94. The van der Waals surface area contributed by atoms with E-state index < -0.39 is 5.60 Å². The molecule has 3 heteroatoms. The lowest BCUT2D eigenvalue weighted by molar-refractivity contribution is 0.0219. The van der Waals surface area contributed by atoms with Crippen molar-refractivity contribution in [3.63, 3.8) is 0 Å². The molecule has 1 aliphatic heterocycles. The maximum Gasteiger partial charge on any atom is 0.0909 e. The second kappa shape index (κ2) is 4.91. The van der Waals surface area contributed by atoms with Crippen molar-refractivity contribution in [3.05, 3.63) is 42.1 Å².